The van der Waals surface area contributed by atoms with Crippen LogP contribution in [0.4, 0.5) is 0 Å². The second-order valence-electron chi connectivity index (χ2n) is 5.04. The maximum atomic E-state index is 2.28. The summed E-state index contributed by atoms with van der Waals surface area (Å²) in [6.45, 7) is 5.61. The van der Waals surface area contributed by atoms with E-state index < -0.39 is 0 Å². The highest BCUT2D eigenvalue weighted by Gasteiger charge is 2.06. The van der Waals surface area contributed by atoms with Crippen molar-refractivity contribution in [1.29, 1.82) is 0 Å². The monoisotopic (exact) mass is 234 g/mol. The molecule has 4 N–H and O–H groups in total. The molecule has 2 saturated heterocycles. The molecule has 0 radical (unpaired) electrons. The van der Waals surface area contributed by atoms with Crippen LogP contribution in [0.2, 0.25) is 0 Å². The Hall–Kier alpha value is -0.160. The van der Waals surface area contributed by atoms with Gasteiger partial charge in [0.2, 0.25) is 0 Å². The van der Waals surface area contributed by atoms with Gasteiger partial charge in [-0.2, -0.15) is 0 Å². The van der Waals surface area contributed by atoms with Crippen LogP contribution in [0.3, 0.4) is 0 Å². The van der Waals surface area contributed by atoms with Crippen molar-refractivity contribution in [2.45, 2.75) is 38.5 Å². The number of likely N-dealkylation sites (tertiary alicyclic amines) is 2. The van der Waals surface area contributed by atoms with E-state index in [1.165, 1.54) is 64.7 Å². The zero-order valence-corrected chi connectivity index (χ0v) is 11.0. The molecular formula is C12H30N2O2. The van der Waals surface area contributed by atoms with Crippen molar-refractivity contribution in [3.63, 3.8) is 0 Å². The fourth-order valence-electron chi connectivity index (χ4n) is 2.31. The first-order valence-corrected chi connectivity index (χ1v) is 6.41. The van der Waals surface area contributed by atoms with Gasteiger partial charge in [-0.15, -0.1) is 0 Å². The molecule has 0 atom stereocenters. The van der Waals surface area contributed by atoms with E-state index in [1.807, 2.05) is 0 Å². The molecule has 0 bridgehead atoms. The molecule has 2 rings (SSSR count). The number of hydrogen-bond acceptors (Lipinski definition) is 2. The van der Waals surface area contributed by atoms with E-state index in [0.717, 1.165) is 0 Å². The Morgan fingerprint density at radius 2 is 0.750 bits per heavy atom. The number of piperidine rings is 2. The molecule has 0 saturated carbocycles. The van der Waals surface area contributed by atoms with Crippen LogP contribution in [0.5, 0.6) is 0 Å². The average Bonchev–Trinajstić information content (AvgIpc) is 2.21. The first-order chi connectivity index (χ1) is 6.79. The Morgan fingerprint density at radius 3 is 0.875 bits per heavy atom. The van der Waals surface area contributed by atoms with Gasteiger partial charge in [-0.25, -0.2) is 0 Å². The standard InChI is InChI=1S/2C6H13N.2H2O/c2*1-7-5-3-2-4-6-7;;/h2*2-6H2,1H3;2*1H2. The van der Waals surface area contributed by atoms with E-state index in [-0.39, 0.29) is 11.0 Å². The number of hydrogen-bond donors (Lipinski definition) is 2. The van der Waals surface area contributed by atoms with Crippen molar-refractivity contribution < 1.29 is 20.8 Å². The molecule has 2 heterocycles. The van der Waals surface area contributed by atoms with E-state index in [2.05, 4.69) is 14.1 Å². The van der Waals surface area contributed by atoms with Crippen molar-refractivity contribution in [3.05, 3.63) is 0 Å². The summed E-state index contributed by atoms with van der Waals surface area (Å²) in [5.41, 5.74) is 0. The maximum absolute atomic E-state index is 2.28. The quantitative estimate of drug-likeness (QED) is 0.565. The summed E-state index contributed by atoms with van der Waals surface area (Å²) in [7, 11) is 4.55. The number of nitrogens with one attached hydrogen (secondary N) is 2. The fraction of sp³-hybridized carbons (Fsp3) is 1.00. The van der Waals surface area contributed by atoms with Crippen LogP contribution in [-0.4, -0.2) is 51.2 Å². The normalized spacial score (nSPS) is 22.1. The Bertz CT molecular complexity index is 117. The average molecular weight is 234 g/mol. The number of quaternary nitrogens is 2. The predicted molar refractivity (Wildman–Crippen MR) is 64.8 cm³/mol. The fourth-order valence-corrected chi connectivity index (χ4v) is 2.31. The first-order valence-electron chi connectivity index (χ1n) is 6.41. The molecule has 2 aliphatic rings. The van der Waals surface area contributed by atoms with Gasteiger partial charge in [0, 0.05) is 0 Å². The summed E-state index contributed by atoms with van der Waals surface area (Å²) in [6, 6.07) is 0. The lowest BCUT2D eigenvalue weighted by molar-refractivity contribution is -0.884. The van der Waals surface area contributed by atoms with Gasteiger partial charge in [0.05, 0.1) is 40.3 Å². The Balaban J connectivity index is 0. The molecule has 0 aromatic rings. The van der Waals surface area contributed by atoms with Crippen LogP contribution < -0.4 is 9.80 Å². The van der Waals surface area contributed by atoms with Gasteiger partial charge >= 0.3 is 0 Å². The molecule has 0 unspecified atom stereocenters. The van der Waals surface area contributed by atoms with E-state index in [9.17, 15) is 0 Å². The lowest BCUT2D eigenvalue weighted by atomic mass is 10.1. The summed E-state index contributed by atoms with van der Waals surface area (Å²) in [5.74, 6) is 0. The molecule has 2 fully saturated rings. The molecule has 16 heavy (non-hydrogen) atoms. The lowest BCUT2D eigenvalue weighted by Gasteiger charge is -2.17. The summed E-state index contributed by atoms with van der Waals surface area (Å²) in [4.78, 5) is 3.43. The molecule has 4 heteroatoms. The smallest absolute Gasteiger partial charge is 0.0768 e. The Kier molecular flexibility index (Phi) is 12.9. The van der Waals surface area contributed by atoms with E-state index in [0.29, 0.717) is 0 Å². The SMILES string of the molecule is C[NH+]1CCCCC1.C[NH+]1CCCCC1.[OH-].[OH-]. The van der Waals surface area contributed by atoms with E-state index >= 15 is 0 Å². The Labute approximate surface area is 100 Å². The maximum Gasteiger partial charge on any atom is 0.0768 e. The lowest BCUT2D eigenvalue weighted by Crippen LogP contribution is -3.09. The molecule has 0 aliphatic carbocycles. The highest BCUT2D eigenvalue weighted by Crippen LogP contribution is 1.93. The minimum Gasteiger partial charge on any atom is -0.870 e. The van der Waals surface area contributed by atoms with Crippen molar-refractivity contribution in [2.75, 3.05) is 40.3 Å². The summed E-state index contributed by atoms with van der Waals surface area (Å²) in [5, 5.41) is 0. The van der Waals surface area contributed by atoms with Gasteiger partial charge < -0.3 is 20.8 Å². The summed E-state index contributed by atoms with van der Waals surface area (Å²) >= 11 is 0. The summed E-state index contributed by atoms with van der Waals surface area (Å²) in [6.07, 6.45) is 8.74. The molecule has 0 amide bonds. The highest BCUT2D eigenvalue weighted by atomic mass is 16.0. The molecule has 0 spiro atoms. The van der Waals surface area contributed by atoms with Gasteiger partial charge in [-0.05, 0) is 38.5 Å². The van der Waals surface area contributed by atoms with Gasteiger partial charge in [-0.1, -0.05) is 0 Å². The third-order valence-electron chi connectivity index (χ3n) is 3.41. The Morgan fingerprint density at radius 1 is 0.500 bits per heavy atom. The highest BCUT2D eigenvalue weighted by molar-refractivity contribution is 4.43. The van der Waals surface area contributed by atoms with Gasteiger partial charge in [-0.3, -0.25) is 0 Å². The van der Waals surface area contributed by atoms with Crippen molar-refractivity contribution >= 4 is 0 Å². The van der Waals surface area contributed by atoms with Gasteiger partial charge in [0.1, 0.15) is 0 Å². The van der Waals surface area contributed by atoms with Crippen LogP contribution in [0.1, 0.15) is 38.5 Å². The predicted octanol–water partition coefficient (Wildman–Crippen LogP) is -0.984. The van der Waals surface area contributed by atoms with Crippen LogP contribution >= 0.6 is 0 Å². The number of rotatable bonds is 0. The second-order valence-corrected chi connectivity index (χ2v) is 5.04. The third kappa shape index (κ3) is 9.09. The minimum absolute atomic E-state index is 0. The third-order valence-corrected chi connectivity index (χ3v) is 3.41. The zero-order chi connectivity index (χ0) is 10.2. The van der Waals surface area contributed by atoms with E-state index in [1.54, 1.807) is 9.80 Å². The van der Waals surface area contributed by atoms with E-state index in [4.69, 9.17) is 0 Å². The summed E-state index contributed by atoms with van der Waals surface area (Å²) < 4.78 is 0. The van der Waals surface area contributed by atoms with Gasteiger partial charge in [0.25, 0.3) is 0 Å². The molecule has 0 aromatic carbocycles. The second kappa shape index (κ2) is 11.3. The van der Waals surface area contributed by atoms with Crippen LogP contribution in [0, 0.1) is 0 Å². The van der Waals surface area contributed by atoms with Crippen LogP contribution in [0.15, 0.2) is 0 Å². The topological polar surface area (TPSA) is 68.9 Å². The minimum atomic E-state index is 0. The molecule has 100 valence electrons. The van der Waals surface area contributed by atoms with Crippen molar-refractivity contribution in [1.82, 2.24) is 0 Å². The molecule has 4 nitrogen and oxygen atoms in total. The van der Waals surface area contributed by atoms with Gasteiger partial charge in [0.15, 0.2) is 0 Å². The van der Waals surface area contributed by atoms with Crippen molar-refractivity contribution in [3.8, 4) is 0 Å². The first kappa shape index (κ1) is 18.2. The van der Waals surface area contributed by atoms with Crippen molar-refractivity contribution in [2.24, 2.45) is 0 Å². The van der Waals surface area contributed by atoms with Crippen LogP contribution in [-0.2, 0) is 0 Å². The van der Waals surface area contributed by atoms with Crippen LogP contribution in [0.25, 0.3) is 0 Å². The molecule has 2 aliphatic heterocycles. The largest absolute Gasteiger partial charge is 0.870 e. The molecular weight excluding hydrogens is 204 g/mol. The molecule has 0 aromatic heterocycles. The zero-order valence-electron chi connectivity index (χ0n) is 11.0.